The maximum absolute atomic E-state index is 11.4. The molecule has 8 nitrogen and oxygen atoms in total. The van der Waals surface area contributed by atoms with Gasteiger partial charge >= 0.3 is 12.0 Å². The van der Waals surface area contributed by atoms with Gasteiger partial charge in [-0.2, -0.15) is 0 Å². The molecule has 4 N–H and O–H groups in total. The topological polar surface area (TPSA) is 125 Å². The zero-order chi connectivity index (χ0) is 16.4. The van der Waals surface area contributed by atoms with Crippen molar-refractivity contribution >= 4 is 23.8 Å². The monoisotopic (exact) mass is 301 g/mol. The Morgan fingerprint density at radius 3 is 2.10 bits per heavy atom. The van der Waals surface area contributed by atoms with Crippen LogP contribution in [0.2, 0.25) is 0 Å². The number of imide groups is 1. The third kappa shape index (κ3) is 11.4. The van der Waals surface area contributed by atoms with Crippen molar-refractivity contribution < 1.29 is 24.3 Å². The van der Waals surface area contributed by atoms with Crippen molar-refractivity contribution in [2.45, 2.75) is 33.6 Å². The summed E-state index contributed by atoms with van der Waals surface area (Å²) in [4.78, 5) is 44.6. The minimum absolute atomic E-state index is 0.0702. The Balaban J connectivity index is 3.90. The molecule has 0 saturated heterocycles. The first kappa shape index (κ1) is 18.9. The molecule has 0 heterocycles. The maximum atomic E-state index is 11.4. The normalized spacial score (nSPS) is 11.6. The lowest BCUT2D eigenvalue weighted by molar-refractivity contribution is -0.138. The Morgan fingerprint density at radius 2 is 1.57 bits per heavy atom. The van der Waals surface area contributed by atoms with Gasteiger partial charge in [-0.05, 0) is 11.8 Å². The largest absolute Gasteiger partial charge is 0.481 e. The second-order valence-corrected chi connectivity index (χ2v) is 5.34. The SMILES string of the molecule is CC(C)CNC(=O)CNC(=O)NC(=O)CC(C)CC(=O)O. The third-order valence-corrected chi connectivity index (χ3v) is 2.43. The predicted molar refractivity (Wildman–Crippen MR) is 75.4 cm³/mol. The van der Waals surface area contributed by atoms with Crippen LogP contribution in [0.25, 0.3) is 0 Å². The Hall–Kier alpha value is -2.12. The van der Waals surface area contributed by atoms with E-state index in [0.717, 1.165) is 0 Å². The molecule has 0 aliphatic carbocycles. The first-order valence-corrected chi connectivity index (χ1v) is 6.76. The smallest absolute Gasteiger partial charge is 0.321 e. The van der Waals surface area contributed by atoms with Crippen LogP contribution in [-0.2, 0) is 14.4 Å². The molecule has 0 aliphatic rings. The van der Waals surface area contributed by atoms with Crippen molar-refractivity contribution in [3.05, 3.63) is 0 Å². The number of nitrogens with one attached hydrogen (secondary N) is 3. The van der Waals surface area contributed by atoms with Gasteiger partial charge in [0.2, 0.25) is 11.8 Å². The van der Waals surface area contributed by atoms with Crippen LogP contribution < -0.4 is 16.0 Å². The van der Waals surface area contributed by atoms with Gasteiger partial charge in [0, 0.05) is 19.4 Å². The lowest BCUT2D eigenvalue weighted by Crippen LogP contribution is -2.44. The average molecular weight is 301 g/mol. The quantitative estimate of drug-likeness (QED) is 0.505. The minimum atomic E-state index is -0.999. The highest BCUT2D eigenvalue weighted by atomic mass is 16.4. The van der Waals surface area contributed by atoms with Gasteiger partial charge in [-0.25, -0.2) is 4.79 Å². The van der Waals surface area contributed by atoms with E-state index < -0.39 is 17.9 Å². The number of urea groups is 1. The van der Waals surface area contributed by atoms with E-state index in [4.69, 9.17) is 5.11 Å². The van der Waals surface area contributed by atoms with Crippen LogP contribution in [0.15, 0.2) is 0 Å². The van der Waals surface area contributed by atoms with E-state index in [-0.39, 0.29) is 31.2 Å². The van der Waals surface area contributed by atoms with Crippen LogP contribution in [0.1, 0.15) is 33.6 Å². The number of aliphatic carboxylic acids is 1. The Labute approximate surface area is 123 Å². The summed E-state index contributed by atoms with van der Waals surface area (Å²) in [6, 6.07) is -0.776. The van der Waals surface area contributed by atoms with Crippen LogP contribution >= 0.6 is 0 Å². The fourth-order valence-electron chi connectivity index (χ4n) is 1.45. The number of rotatable bonds is 8. The summed E-state index contributed by atoms with van der Waals surface area (Å²) in [5, 5.41) is 15.5. The summed E-state index contributed by atoms with van der Waals surface area (Å²) in [6.07, 6.45) is -0.216. The highest BCUT2D eigenvalue weighted by Gasteiger charge is 2.15. The number of carboxylic acid groups (broad SMARTS) is 1. The van der Waals surface area contributed by atoms with Gasteiger partial charge < -0.3 is 15.7 Å². The molecule has 0 fully saturated rings. The Kier molecular flexibility index (Phi) is 8.75. The molecule has 0 aromatic heterocycles. The van der Waals surface area contributed by atoms with Gasteiger partial charge in [-0.15, -0.1) is 0 Å². The van der Waals surface area contributed by atoms with E-state index in [1.54, 1.807) is 6.92 Å². The zero-order valence-electron chi connectivity index (χ0n) is 12.6. The van der Waals surface area contributed by atoms with Crippen molar-refractivity contribution in [3.8, 4) is 0 Å². The van der Waals surface area contributed by atoms with Crippen LogP contribution in [0.4, 0.5) is 4.79 Å². The van der Waals surface area contributed by atoms with Gasteiger partial charge in [0.05, 0.1) is 6.54 Å². The number of hydrogen-bond acceptors (Lipinski definition) is 4. The van der Waals surface area contributed by atoms with Gasteiger partial charge in [0.25, 0.3) is 0 Å². The fraction of sp³-hybridized carbons (Fsp3) is 0.692. The van der Waals surface area contributed by atoms with Gasteiger partial charge in [0.15, 0.2) is 0 Å². The first-order valence-electron chi connectivity index (χ1n) is 6.76. The van der Waals surface area contributed by atoms with E-state index in [2.05, 4.69) is 10.6 Å². The standard InChI is InChI=1S/C13H23N3O5/c1-8(2)6-14-11(18)7-15-13(21)16-10(17)4-9(3)5-12(19)20/h8-9H,4-7H2,1-3H3,(H,14,18)(H,19,20)(H2,15,16,17,21). The molecule has 120 valence electrons. The highest BCUT2D eigenvalue weighted by Crippen LogP contribution is 2.06. The van der Waals surface area contributed by atoms with Crippen molar-refractivity contribution in [1.29, 1.82) is 0 Å². The molecular formula is C13H23N3O5. The molecule has 8 heteroatoms. The van der Waals surface area contributed by atoms with E-state index in [0.29, 0.717) is 12.5 Å². The summed E-state index contributed by atoms with van der Waals surface area (Å²) in [5.41, 5.74) is 0. The van der Waals surface area contributed by atoms with Crippen LogP contribution in [0.5, 0.6) is 0 Å². The first-order chi connectivity index (χ1) is 9.70. The van der Waals surface area contributed by atoms with Crippen LogP contribution in [0, 0.1) is 11.8 Å². The zero-order valence-corrected chi connectivity index (χ0v) is 12.6. The van der Waals surface area contributed by atoms with Crippen molar-refractivity contribution in [2.75, 3.05) is 13.1 Å². The predicted octanol–water partition coefficient (Wildman–Crippen LogP) is 0.0853. The second kappa shape index (κ2) is 9.73. The summed E-state index contributed by atoms with van der Waals surface area (Å²) < 4.78 is 0. The van der Waals surface area contributed by atoms with Gasteiger partial charge in [0.1, 0.15) is 0 Å². The molecule has 0 aromatic rings. The van der Waals surface area contributed by atoms with Gasteiger partial charge in [-0.3, -0.25) is 19.7 Å². The van der Waals surface area contributed by atoms with E-state index in [1.165, 1.54) is 0 Å². The molecule has 0 rings (SSSR count). The summed E-state index contributed by atoms with van der Waals surface area (Å²) in [5.74, 6) is -1.99. The van der Waals surface area contributed by atoms with Gasteiger partial charge in [-0.1, -0.05) is 20.8 Å². The highest BCUT2D eigenvalue weighted by molar-refractivity contribution is 5.95. The van der Waals surface area contributed by atoms with E-state index >= 15 is 0 Å². The van der Waals surface area contributed by atoms with Crippen molar-refractivity contribution in [2.24, 2.45) is 11.8 Å². The van der Waals surface area contributed by atoms with Crippen molar-refractivity contribution in [1.82, 2.24) is 16.0 Å². The lowest BCUT2D eigenvalue weighted by atomic mass is 10.0. The minimum Gasteiger partial charge on any atom is -0.481 e. The van der Waals surface area contributed by atoms with E-state index in [9.17, 15) is 19.2 Å². The average Bonchev–Trinajstić information content (AvgIpc) is 2.32. The number of hydrogen-bond donors (Lipinski definition) is 4. The fourth-order valence-corrected chi connectivity index (χ4v) is 1.45. The molecule has 1 atom stereocenters. The molecule has 1 unspecified atom stereocenters. The molecule has 0 saturated carbocycles. The Bertz CT molecular complexity index is 395. The second-order valence-electron chi connectivity index (χ2n) is 5.34. The summed E-state index contributed by atoms with van der Waals surface area (Å²) >= 11 is 0. The third-order valence-electron chi connectivity index (χ3n) is 2.43. The Morgan fingerprint density at radius 1 is 0.952 bits per heavy atom. The molecule has 21 heavy (non-hydrogen) atoms. The molecule has 0 radical (unpaired) electrons. The number of carbonyl (C=O) groups is 4. The van der Waals surface area contributed by atoms with Crippen LogP contribution in [0.3, 0.4) is 0 Å². The number of amides is 4. The molecule has 0 aliphatic heterocycles. The molecule has 4 amide bonds. The summed E-state index contributed by atoms with van der Waals surface area (Å²) in [6.45, 7) is 5.77. The molecule has 0 aromatic carbocycles. The summed E-state index contributed by atoms with van der Waals surface area (Å²) in [7, 11) is 0. The molecule has 0 spiro atoms. The molecular weight excluding hydrogens is 278 g/mol. The number of carboxylic acids is 1. The number of carbonyl (C=O) groups excluding carboxylic acids is 3. The maximum Gasteiger partial charge on any atom is 0.321 e. The van der Waals surface area contributed by atoms with Crippen molar-refractivity contribution in [3.63, 3.8) is 0 Å². The van der Waals surface area contributed by atoms with E-state index in [1.807, 2.05) is 19.2 Å². The lowest BCUT2D eigenvalue weighted by Gasteiger charge is -2.10. The molecule has 0 bridgehead atoms. The van der Waals surface area contributed by atoms with Crippen LogP contribution in [-0.4, -0.2) is 42.0 Å².